The van der Waals surface area contributed by atoms with Crippen molar-refractivity contribution in [2.45, 2.75) is 44.9 Å². The number of hydrogen-bond acceptors (Lipinski definition) is 6. The van der Waals surface area contributed by atoms with Crippen molar-refractivity contribution < 1.29 is 5.11 Å². The predicted octanol–water partition coefficient (Wildman–Crippen LogP) is 1.72. The second-order valence-corrected chi connectivity index (χ2v) is 7.25. The highest BCUT2D eigenvalue weighted by Crippen LogP contribution is 2.36. The van der Waals surface area contributed by atoms with Crippen molar-refractivity contribution in [3.8, 4) is 10.6 Å². The van der Waals surface area contributed by atoms with Crippen LogP contribution in [0.25, 0.3) is 10.6 Å². The summed E-state index contributed by atoms with van der Waals surface area (Å²) in [5.74, 6) is 0.760. The first-order chi connectivity index (χ1) is 10.7. The van der Waals surface area contributed by atoms with E-state index < -0.39 is 0 Å². The van der Waals surface area contributed by atoms with Crippen LogP contribution in [-0.4, -0.2) is 33.8 Å². The van der Waals surface area contributed by atoms with Crippen molar-refractivity contribution in [1.29, 1.82) is 0 Å². The molecule has 3 heterocycles. The Hall–Kier alpha value is -1.50. The molecule has 0 spiro atoms. The van der Waals surface area contributed by atoms with E-state index in [2.05, 4.69) is 17.0 Å². The standard InChI is InChI=1S/C16H20N4OS/c1-9-13(21)8-20(9)16-18-12-4-2-3-11(12)15(19-16)14-6-5-10(7-17)22-14/h5-6,9,13,21H,2-4,7-8,17H2,1H3/t9-,13?/m1/s1. The van der Waals surface area contributed by atoms with Gasteiger partial charge in [-0.25, -0.2) is 9.97 Å². The number of hydrogen-bond donors (Lipinski definition) is 2. The van der Waals surface area contributed by atoms with Gasteiger partial charge in [0.05, 0.1) is 22.7 Å². The zero-order valence-corrected chi connectivity index (χ0v) is 13.4. The Morgan fingerprint density at radius 3 is 2.91 bits per heavy atom. The lowest BCUT2D eigenvalue weighted by Crippen LogP contribution is -2.59. The van der Waals surface area contributed by atoms with Gasteiger partial charge < -0.3 is 15.7 Å². The normalized spacial score (nSPS) is 23.5. The Kier molecular flexibility index (Phi) is 3.40. The van der Waals surface area contributed by atoms with Gasteiger partial charge in [-0.2, -0.15) is 0 Å². The molecule has 0 aromatic carbocycles. The Labute approximate surface area is 133 Å². The highest BCUT2D eigenvalue weighted by atomic mass is 32.1. The van der Waals surface area contributed by atoms with Crippen LogP contribution in [0.4, 0.5) is 5.95 Å². The van der Waals surface area contributed by atoms with E-state index in [1.807, 2.05) is 6.92 Å². The summed E-state index contributed by atoms with van der Waals surface area (Å²) in [6, 6.07) is 4.29. The largest absolute Gasteiger partial charge is 0.389 e. The summed E-state index contributed by atoms with van der Waals surface area (Å²) in [6.45, 7) is 3.21. The number of thiophene rings is 1. The number of β-amino-alcohol motifs (C(OH)–C–C–N with tert-alkyl or cyclic N) is 1. The minimum Gasteiger partial charge on any atom is -0.389 e. The molecule has 1 aliphatic heterocycles. The molecule has 1 unspecified atom stereocenters. The number of nitrogens with two attached hydrogens (primary N) is 1. The van der Waals surface area contributed by atoms with Gasteiger partial charge in [0, 0.05) is 29.2 Å². The summed E-state index contributed by atoms with van der Waals surface area (Å²) in [4.78, 5) is 14.0. The van der Waals surface area contributed by atoms with Crippen LogP contribution in [0.15, 0.2) is 12.1 Å². The van der Waals surface area contributed by atoms with Crippen molar-refractivity contribution in [1.82, 2.24) is 9.97 Å². The number of anilines is 1. The molecule has 116 valence electrons. The van der Waals surface area contributed by atoms with Crippen LogP contribution in [0.5, 0.6) is 0 Å². The highest BCUT2D eigenvalue weighted by molar-refractivity contribution is 7.15. The second kappa shape index (κ2) is 5.30. The fraction of sp³-hybridized carbons (Fsp3) is 0.500. The maximum absolute atomic E-state index is 9.75. The third-order valence-corrected chi connectivity index (χ3v) is 5.82. The number of nitrogens with zero attached hydrogens (tertiary/aromatic N) is 3. The average molecular weight is 316 g/mol. The third kappa shape index (κ3) is 2.14. The average Bonchev–Trinajstić information content (AvgIpc) is 3.19. The zero-order chi connectivity index (χ0) is 15.3. The van der Waals surface area contributed by atoms with Crippen molar-refractivity contribution in [2.75, 3.05) is 11.4 Å². The van der Waals surface area contributed by atoms with Crippen LogP contribution in [0.2, 0.25) is 0 Å². The fourth-order valence-corrected chi connectivity index (χ4v) is 4.12. The molecule has 0 amide bonds. The van der Waals surface area contributed by atoms with E-state index in [0.717, 1.165) is 30.9 Å². The summed E-state index contributed by atoms with van der Waals surface area (Å²) < 4.78 is 0. The molecule has 6 heteroatoms. The molecule has 3 N–H and O–H groups in total. The molecule has 1 saturated heterocycles. The lowest BCUT2D eigenvalue weighted by atomic mass is 10.0. The van der Waals surface area contributed by atoms with Gasteiger partial charge in [0.1, 0.15) is 0 Å². The smallest absolute Gasteiger partial charge is 0.226 e. The van der Waals surface area contributed by atoms with Gasteiger partial charge in [0.2, 0.25) is 5.95 Å². The maximum atomic E-state index is 9.75. The quantitative estimate of drug-likeness (QED) is 0.902. The zero-order valence-electron chi connectivity index (χ0n) is 12.6. The molecule has 2 aromatic heterocycles. The number of rotatable bonds is 3. The van der Waals surface area contributed by atoms with Gasteiger partial charge in [-0.1, -0.05) is 0 Å². The first kappa shape index (κ1) is 14.1. The number of fused-ring (bicyclic) bond motifs is 1. The topological polar surface area (TPSA) is 75.3 Å². The molecular weight excluding hydrogens is 296 g/mol. The van der Waals surface area contributed by atoms with E-state index in [4.69, 9.17) is 15.7 Å². The summed E-state index contributed by atoms with van der Waals surface area (Å²) in [6.07, 6.45) is 2.95. The Morgan fingerprint density at radius 1 is 1.36 bits per heavy atom. The van der Waals surface area contributed by atoms with Crippen LogP contribution in [0, 0.1) is 0 Å². The minimum atomic E-state index is -0.272. The molecule has 5 nitrogen and oxygen atoms in total. The van der Waals surface area contributed by atoms with Crippen LogP contribution in [0.3, 0.4) is 0 Å². The molecule has 0 saturated carbocycles. The third-order valence-electron chi connectivity index (χ3n) is 4.71. The molecule has 0 bridgehead atoms. The van der Waals surface area contributed by atoms with Crippen molar-refractivity contribution >= 4 is 17.3 Å². The second-order valence-electron chi connectivity index (χ2n) is 6.08. The van der Waals surface area contributed by atoms with Crippen LogP contribution in [-0.2, 0) is 19.4 Å². The van der Waals surface area contributed by atoms with Gasteiger partial charge in [-0.05, 0) is 38.3 Å². The molecule has 2 aliphatic rings. The van der Waals surface area contributed by atoms with Gasteiger partial charge in [0.25, 0.3) is 0 Å². The minimum absolute atomic E-state index is 0.0928. The number of aryl methyl sites for hydroxylation is 1. The predicted molar refractivity (Wildman–Crippen MR) is 88.1 cm³/mol. The van der Waals surface area contributed by atoms with Crippen LogP contribution >= 0.6 is 11.3 Å². The lowest BCUT2D eigenvalue weighted by Gasteiger charge is -2.43. The molecule has 22 heavy (non-hydrogen) atoms. The summed E-state index contributed by atoms with van der Waals surface area (Å²) in [5, 5.41) is 9.75. The molecule has 2 atom stereocenters. The maximum Gasteiger partial charge on any atom is 0.226 e. The Morgan fingerprint density at radius 2 is 2.23 bits per heavy atom. The molecule has 1 fully saturated rings. The Bertz CT molecular complexity index is 714. The Balaban J connectivity index is 1.78. The van der Waals surface area contributed by atoms with Gasteiger partial charge in [-0.15, -0.1) is 11.3 Å². The number of aliphatic hydroxyl groups is 1. The van der Waals surface area contributed by atoms with Gasteiger partial charge >= 0.3 is 0 Å². The van der Waals surface area contributed by atoms with Crippen LogP contribution < -0.4 is 10.6 Å². The molecular formula is C16H20N4OS. The number of aliphatic hydroxyl groups excluding tert-OH is 1. The molecule has 1 aliphatic carbocycles. The van der Waals surface area contributed by atoms with E-state index in [1.54, 1.807) is 11.3 Å². The monoisotopic (exact) mass is 316 g/mol. The van der Waals surface area contributed by atoms with Crippen molar-refractivity contribution in [2.24, 2.45) is 5.73 Å². The first-order valence-corrected chi connectivity index (χ1v) is 8.62. The molecule has 4 rings (SSSR count). The van der Waals surface area contributed by atoms with Gasteiger partial charge in [0.15, 0.2) is 0 Å². The van der Waals surface area contributed by atoms with E-state index in [9.17, 15) is 5.11 Å². The van der Waals surface area contributed by atoms with E-state index in [0.29, 0.717) is 13.1 Å². The summed E-state index contributed by atoms with van der Waals surface area (Å²) >= 11 is 1.72. The summed E-state index contributed by atoms with van der Waals surface area (Å²) in [5.41, 5.74) is 9.27. The van der Waals surface area contributed by atoms with Crippen molar-refractivity contribution in [3.05, 3.63) is 28.3 Å². The molecule has 0 radical (unpaired) electrons. The SMILES string of the molecule is C[C@@H]1C(O)CN1c1nc2c(c(-c3ccc(CN)s3)n1)CCC2. The first-order valence-electron chi connectivity index (χ1n) is 7.81. The summed E-state index contributed by atoms with van der Waals surface area (Å²) in [7, 11) is 0. The van der Waals surface area contributed by atoms with Crippen molar-refractivity contribution in [3.63, 3.8) is 0 Å². The van der Waals surface area contributed by atoms with E-state index in [-0.39, 0.29) is 12.1 Å². The van der Waals surface area contributed by atoms with Gasteiger partial charge in [-0.3, -0.25) is 0 Å². The van der Waals surface area contributed by atoms with Crippen LogP contribution in [0.1, 0.15) is 29.5 Å². The van der Waals surface area contributed by atoms with E-state index in [1.165, 1.54) is 21.0 Å². The number of aromatic nitrogens is 2. The van der Waals surface area contributed by atoms with E-state index >= 15 is 0 Å². The fourth-order valence-electron chi connectivity index (χ4n) is 3.22. The highest BCUT2D eigenvalue weighted by Gasteiger charge is 2.36. The molecule has 2 aromatic rings. The lowest BCUT2D eigenvalue weighted by molar-refractivity contribution is 0.0979.